The molecule has 0 aliphatic heterocycles. The highest BCUT2D eigenvalue weighted by Crippen LogP contribution is 2.36. The van der Waals surface area contributed by atoms with Crippen molar-refractivity contribution < 1.29 is 0 Å². The van der Waals surface area contributed by atoms with Crippen molar-refractivity contribution in [1.82, 2.24) is 4.98 Å². The third kappa shape index (κ3) is 3.06. The second-order valence-corrected chi connectivity index (χ2v) is 5.45. The maximum atomic E-state index is 6.37. The van der Waals surface area contributed by atoms with E-state index in [-0.39, 0.29) is 6.04 Å². The van der Waals surface area contributed by atoms with Crippen LogP contribution >= 0.6 is 0 Å². The maximum Gasteiger partial charge on any atom is 0.0372 e. The summed E-state index contributed by atoms with van der Waals surface area (Å²) in [5.74, 6) is 1.59. The van der Waals surface area contributed by atoms with E-state index in [4.69, 9.17) is 5.73 Å². The molecule has 1 fully saturated rings. The second kappa shape index (κ2) is 5.63. The summed E-state index contributed by atoms with van der Waals surface area (Å²) in [6, 6.07) is 4.38. The molecule has 1 aliphatic carbocycles. The molecule has 17 heavy (non-hydrogen) atoms. The minimum absolute atomic E-state index is 0.181. The number of hydrogen-bond acceptors (Lipinski definition) is 2. The van der Waals surface area contributed by atoms with Crippen molar-refractivity contribution in [2.24, 2.45) is 17.6 Å². The SMILES string of the molecule is CCC1CCC(C(N)c2ccc(C)nc2)CC1. The first kappa shape index (κ1) is 12.6. The number of aromatic nitrogens is 1. The minimum atomic E-state index is 0.181. The molecule has 2 N–H and O–H groups in total. The van der Waals surface area contributed by atoms with Crippen LogP contribution in [0.15, 0.2) is 18.3 Å². The van der Waals surface area contributed by atoms with Gasteiger partial charge in [0.05, 0.1) is 0 Å². The van der Waals surface area contributed by atoms with Crippen LogP contribution in [0, 0.1) is 18.8 Å². The third-order valence-corrected chi connectivity index (χ3v) is 4.30. The van der Waals surface area contributed by atoms with Crippen molar-refractivity contribution in [3.8, 4) is 0 Å². The van der Waals surface area contributed by atoms with Gasteiger partial charge in [0.25, 0.3) is 0 Å². The van der Waals surface area contributed by atoms with Crippen molar-refractivity contribution in [1.29, 1.82) is 0 Å². The Hall–Kier alpha value is -0.890. The first-order valence-corrected chi connectivity index (χ1v) is 6.88. The van der Waals surface area contributed by atoms with Crippen LogP contribution in [0.2, 0.25) is 0 Å². The molecule has 1 unspecified atom stereocenters. The number of nitrogens with zero attached hydrogens (tertiary/aromatic N) is 1. The van der Waals surface area contributed by atoms with Crippen LogP contribution in [0.3, 0.4) is 0 Å². The van der Waals surface area contributed by atoms with Crippen molar-refractivity contribution in [3.05, 3.63) is 29.6 Å². The molecular formula is C15H24N2. The van der Waals surface area contributed by atoms with E-state index >= 15 is 0 Å². The van der Waals surface area contributed by atoms with Gasteiger partial charge in [-0.3, -0.25) is 4.98 Å². The van der Waals surface area contributed by atoms with E-state index in [0.29, 0.717) is 5.92 Å². The third-order valence-electron chi connectivity index (χ3n) is 4.30. The fraction of sp³-hybridized carbons (Fsp3) is 0.667. The van der Waals surface area contributed by atoms with Gasteiger partial charge in [0, 0.05) is 17.9 Å². The van der Waals surface area contributed by atoms with Gasteiger partial charge < -0.3 is 5.73 Å². The topological polar surface area (TPSA) is 38.9 Å². The van der Waals surface area contributed by atoms with Gasteiger partial charge in [-0.2, -0.15) is 0 Å². The zero-order valence-corrected chi connectivity index (χ0v) is 11.0. The van der Waals surface area contributed by atoms with Crippen molar-refractivity contribution in [2.75, 3.05) is 0 Å². The molecule has 1 heterocycles. The van der Waals surface area contributed by atoms with Gasteiger partial charge in [-0.15, -0.1) is 0 Å². The monoisotopic (exact) mass is 232 g/mol. The molecule has 1 saturated carbocycles. The fourth-order valence-electron chi connectivity index (χ4n) is 2.90. The lowest BCUT2D eigenvalue weighted by atomic mass is 9.76. The van der Waals surface area contributed by atoms with E-state index < -0.39 is 0 Å². The summed E-state index contributed by atoms with van der Waals surface area (Å²) in [5, 5.41) is 0. The standard InChI is InChI=1S/C15H24N2/c1-3-12-5-8-13(9-6-12)15(16)14-7-4-11(2)17-10-14/h4,7,10,12-13,15H,3,5-6,8-9,16H2,1-2H3. The first-order chi connectivity index (χ1) is 8.20. The molecule has 1 aromatic rings. The van der Waals surface area contributed by atoms with Gasteiger partial charge in [0.15, 0.2) is 0 Å². The molecule has 1 aromatic heterocycles. The molecule has 0 radical (unpaired) electrons. The summed E-state index contributed by atoms with van der Waals surface area (Å²) in [4.78, 5) is 4.35. The summed E-state index contributed by atoms with van der Waals surface area (Å²) in [7, 11) is 0. The van der Waals surface area contributed by atoms with Crippen LogP contribution in [0.1, 0.15) is 56.3 Å². The maximum absolute atomic E-state index is 6.37. The van der Waals surface area contributed by atoms with E-state index in [1.54, 1.807) is 0 Å². The molecule has 2 heteroatoms. The van der Waals surface area contributed by atoms with Crippen molar-refractivity contribution in [3.63, 3.8) is 0 Å². The zero-order chi connectivity index (χ0) is 12.3. The quantitative estimate of drug-likeness (QED) is 0.864. The van der Waals surface area contributed by atoms with Gasteiger partial charge in [-0.25, -0.2) is 0 Å². The number of hydrogen-bond donors (Lipinski definition) is 1. The molecule has 0 amide bonds. The van der Waals surface area contributed by atoms with Crippen LogP contribution in [0.5, 0.6) is 0 Å². The fourth-order valence-corrected chi connectivity index (χ4v) is 2.90. The molecule has 0 spiro atoms. The van der Waals surface area contributed by atoms with Gasteiger partial charge >= 0.3 is 0 Å². The van der Waals surface area contributed by atoms with Gasteiger partial charge in [-0.05, 0) is 43.2 Å². The van der Waals surface area contributed by atoms with Crippen LogP contribution in [-0.2, 0) is 0 Å². The predicted molar refractivity (Wildman–Crippen MR) is 71.6 cm³/mol. The average molecular weight is 232 g/mol. The molecule has 2 rings (SSSR count). The molecule has 2 nitrogen and oxygen atoms in total. The highest BCUT2D eigenvalue weighted by Gasteiger charge is 2.25. The van der Waals surface area contributed by atoms with E-state index in [1.807, 2.05) is 13.1 Å². The zero-order valence-electron chi connectivity index (χ0n) is 11.0. The first-order valence-electron chi connectivity index (χ1n) is 6.88. The Balaban J connectivity index is 1.96. The van der Waals surface area contributed by atoms with Crippen molar-refractivity contribution in [2.45, 2.75) is 52.0 Å². The molecule has 94 valence electrons. The molecule has 1 aliphatic rings. The number of nitrogens with two attached hydrogens (primary N) is 1. The van der Waals surface area contributed by atoms with Crippen LogP contribution in [0.25, 0.3) is 0 Å². The number of rotatable bonds is 3. The summed E-state index contributed by atoms with van der Waals surface area (Å²) in [5.41, 5.74) is 8.64. The Morgan fingerprint density at radius 2 is 2.00 bits per heavy atom. The average Bonchev–Trinajstić information content (AvgIpc) is 2.39. The molecular weight excluding hydrogens is 208 g/mol. The highest BCUT2D eigenvalue weighted by molar-refractivity contribution is 5.17. The summed E-state index contributed by atoms with van der Waals surface area (Å²) < 4.78 is 0. The number of pyridine rings is 1. The lowest BCUT2D eigenvalue weighted by Gasteiger charge is -2.31. The Labute approximate surface area is 105 Å². The van der Waals surface area contributed by atoms with E-state index in [9.17, 15) is 0 Å². The van der Waals surface area contributed by atoms with E-state index in [2.05, 4.69) is 24.0 Å². The van der Waals surface area contributed by atoms with Crippen LogP contribution < -0.4 is 5.73 Å². The summed E-state index contributed by atoms with van der Waals surface area (Å²) in [6.45, 7) is 4.32. The summed E-state index contributed by atoms with van der Waals surface area (Å²) >= 11 is 0. The van der Waals surface area contributed by atoms with E-state index in [0.717, 1.165) is 11.6 Å². The van der Waals surface area contributed by atoms with Crippen LogP contribution in [0.4, 0.5) is 0 Å². The number of aryl methyl sites for hydroxylation is 1. The summed E-state index contributed by atoms with van der Waals surface area (Å²) in [6.07, 6.45) is 8.56. The predicted octanol–water partition coefficient (Wildman–Crippen LogP) is 3.61. The largest absolute Gasteiger partial charge is 0.324 e. The van der Waals surface area contributed by atoms with Gasteiger partial charge in [0.1, 0.15) is 0 Å². The molecule has 0 aromatic carbocycles. The lowest BCUT2D eigenvalue weighted by Crippen LogP contribution is -2.26. The lowest BCUT2D eigenvalue weighted by molar-refractivity contribution is 0.240. The normalized spacial score (nSPS) is 26.8. The smallest absolute Gasteiger partial charge is 0.0372 e. The second-order valence-electron chi connectivity index (χ2n) is 5.45. The Morgan fingerprint density at radius 1 is 1.29 bits per heavy atom. The Morgan fingerprint density at radius 3 is 2.53 bits per heavy atom. The molecule has 0 bridgehead atoms. The highest BCUT2D eigenvalue weighted by atomic mass is 14.7. The minimum Gasteiger partial charge on any atom is -0.324 e. The van der Waals surface area contributed by atoms with Crippen molar-refractivity contribution >= 4 is 0 Å². The van der Waals surface area contributed by atoms with Gasteiger partial charge in [0.2, 0.25) is 0 Å². The Kier molecular flexibility index (Phi) is 4.16. The Bertz CT molecular complexity index is 336. The van der Waals surface area contributed by atoms with Crippen LogP contribution in [-0.4, -0.2) is 4.98 Å². The molecule has 0 saturated heterocycles. The van der Waals surface area contributed by atoms with E-state index in [1.165, 1.54) is 37.7 Å². The molecule has 1 atom stereocenters. The van der Waals surface area contributed by atoms with Gasteiger partial charge in [-0.1, -0.05) is 32.3 Å².